The Morgan fingerprint density at radius 2 is 1.69 bits per heavy atom. The average Bonchev–Trinajstić information content (AvgIpc) is 3.10. The van der Waals surface area contributed by atoms with Crippen molar-refractivity contribution in [2.75, 3.05) is 6.54 Å². The molecule has 0 radical (unpaired) electrons. The molecule has 35 heavy (non-hydrogen) atoms. The van der Waals surface area contributed by atoms with Crippen molar-refractivity contribution in [1.29, 1.82) is 0 Å². The highest BCUT2D eigenvalue weighted by Crippen LogP contribution is 2.39. The first-order valence-corrected chi connectivity index (χ1v) is 11.5. The minimum Gasteiger partial charge on any atom is -0.457 e. The maximum Gasteiger partial charge on any atom is 0.325 e. The van der Waals surface area contributed by atoms with Crippen molar-refractivity contribution in [1.82, 2.24) is 15.5 Å². The maximum absolute atomic E-state index is 13.3. The fraction of sp³-hybridized carbons (Fsp3) is 0.222. The van der Waals surface area contributed by atoms with Crippen molar-refractivity contribution in [2.24, 2.45) is 0 Å². The molecule has 1 heterocycles. The first-order valence-electron chi connectivity index (χ1n) is 11.5. The molecule has 1 saturated heterocycles. The molecule has 7 nitrogen and oxygen atoms in total. The van der Waals surface area contributed by atoms with Gasteiger partial charge in [-0.2, -0.15) is 0 Å². The topological polar surface area (TPSA) is 87.7 Å². The number of ether oxygens (including phenoxy) is 1. The Morgan fingerprint density at radius 1 is 1.00 bits per heavy atom. The predicted octanol–water partition coefficient (Wildman–Crippen LogP) is 4.02. The lowest BCUT2D eigenvalue weighted by Gasteiger charge is -2.33. The third-order valence-electron chi connectivity index (χ3n) is 6.41. The molecule has 4 amide bonds. The fourth-order valence-corrected chi connectivity index (χ4v) is 4.67. The van der Waals surface area contributed by atoms with Crippen LogP contribution in [0.15, 0.2) is 72.8 Å². The lowest BCUT2D eigenvalue weighted by molar-refractivity contribution is -0.135. The number of aryl methyl sites for hydroxylation is 1. The van der Waals surface area contributed by atoms with Gasteiger partial charge in [0.1, 0.15) is 29.4 Å². The average molecular weight is 474 g/mol. The van der Waals surface area contributed by atoms with Crippen LogP contribution in [0.4, 0.5) is 9.18 Å². The molecule has 0 bridgehead atoms. The van der Waals surface area contributed by atoms with Gasteiger partial charge in [-0.25, -0.2) is 9.18 Å². The number of urea groups is 1. The highest BCUT2D eigenvalue weighted by atomic mass is 19.1. The summed E-state index contributed by atoms with van der Waals surface area (Å²) in [6.07, 6.45) is 2.15. The van der Waals surface area contributed by atoms with Crippen LogP contribution in [0.5, 0.6) is 11.5 Å². The number of carbonyl (C=O) groups is 3. The molecule has 1 aliphatic heterocycles. The number of carbonyl (C=O) groups excluding carboxylic acids is 3. The van der Waals surface area contributed by atoms with Crippen molar-refractivity contribution < 1.29 is 23.5 Å². The molecule has 5 rings (SSSR count). The van der Waals surface area contributed by atoms with E-state index in [2.05, 4.69) is 10.6 Å². The van der Waals surface area contributed by atoms with E-state index in [4.69, 9.17) is 4.74 Å². The molecule has 1 fully saturated rings. The number of amides is 4. The quantitative estimate of drug-likeness (QED) is 0.530. The molecule has 8 heteroatoms. The Balaban J connectivity index is 1.18. The molecule has 1 atom stereocenters. The van der Waals surface area contributed by atoms with E-state index in [1.165, 1.54) is 24.3 Å². The van der Waals surface area contributed by atoms with E-state index in [9.17, 15) is 18.8 Å². The molecular weight excluding hydrogens is 449 g/mol. The third-order valence-corrected chi connectivity index (χ3v) is 6.41. The minimum atomic E-state index is -1.09. The molecule has 1 unspecified atom stereocenters. The number of fused-ring (bicyclic) bond motifs is 2. The fourth-order valence-electron chi connectivity index (χ4n) is 4.67. The zero-order valence-electron chi connectivity index (χ0n) is 18.9. The number of imide groups is 1. The number of nitrogens with one attached hydrogen (secondary N) is 2. The molecule has 2 aliphatic rings. The van der Waals surface area contributed by atoms with E-state index < -0.39 is 17.5 Å². The SMILES string of the molecule is O=C(CN1C(=O)NC2(CCCc3ccccc32)C1=O)NCc1ccc(Oc2ccc(F)cc2)cc1. The van der Waals surface area contributed by atoms with Gasteiger partial charge >= 0.3 is 6.03 Å². The van der Waals surface area contributed by atoms with Crippen molar-refractivity contribution in [2.45, 2.75) is 31.3 Å². The largest absolute Gasteiger partial charge is 0.457 e. The molecular formula is C27H24FN3O4. The van der Waals surface area contributed by atoms with Gasteiger partial charge in [0.05, 0.1) is 0 Å². The summed E-state index contributed by atoms with van der Waals surface area (Å²) in [5.41, 5.74) is 1.59. The summed E-state index contributed by atoms with van der Waals surface area (Å²) in [7, 11) is 0. The van der Waals surface area contributed by atoms with E-state index in [0.717, 1.165) is 34.4 Å². The minimum absolute atomic E-state index is 0.229. The van der Waals surface area contributed by atoms with Crippen molar-refractivity contribution in [3.63, 3.8) is 0 Å². The van der Waals surface area contributed by atoms with Crippen LogP contribution in [0.2, 0.25) is 0 Å². The number of halogens is 1. The summed E-state index contributed by atoms with van der Waals surface area (Å²) in [4.78, 5) is 39.5. The van der Waals surface area contributed by atoms with E-state index in [-0.39, 0.29) is 24.8 Å². The predicted molar refractivity (Wildman–Crippen MR) is 126 cm³/mol. The van der Waals surface area contributed by atoms with Gasteiger partial charge in [-0.15, -0.1) is 0 Å². The Labute approximate surface area is 201 Å². The van der Waals surface area contributed by atoms with Crippen LogP contribution in [-0.4, -0.2) is 29.3 Å². The first-order chi connectivity index (χ1) is 16.9. The summed E-state index contributed by atoms with van der Waals surface area (Å²) in [5, 5.41) is 5.61. The van der Waals surface area contributed by atoms with Gasteiger partial charge < -0.3 is 15.4 Å². The lowest BCUT2D eigenvalue weighted by atomic mass is 9.76. The number of benzene rings is 3. The van der Waals surface area contributed by atoms with E-state index in [1.54, 1.807) is 24.3 Å². The van der Waals surface area contributed by atoms with Crippen LogP contribution >= 0.6 is 0 Å². The van der Waals surface area contributed by atoms with Crippen LogP contribution in [0.1, 0.15) is 29.5 Å². The molecule has 2 N–H and O–H groups in total. The highest BCUT2D eigenvalue weighted by molar-refractivity contribution is 6.09. The van der Waals surface area contributed by atoms with Gasteiger partial charge in [-0.05, 0) is 72.4 Å². The lowest BCUT2D eigenvalue weighted by Crippen LogP contribution is -2.47. The van der Waals surface area contributed by atoms with Crippen LogP contribution in [0.3, 0.4) is 0 Å². The third kappa shape index (κ3) is 4.47. The molecule has 1 spiro atoms. The first kappa shape index (κ1) is 22.6. The van der Waals surface area contributed by atoms with Crippen molar-refractivity contribution in [3.8, 4) is 11.5 Å². The van der Waals surface area contributed by atoms with E-state index in [0.29, 0.717) is 17.9 Å². The van der Waals surface area contributed by atoms with Crippen molar-refractivity contribution in [3.05, 3.63) is 95.3 Å². The number of rotatable bonds is 6. The van der Waals surface area contributed by atoms with Crippen LogP contribution in [-0.2, 0) is 28.1 Å². The summed E-state index contributed by atoms with van der Waals surface area (Å²) in [5.74, 6) is -0.0629. The second kappa shape index (κ2) is 9.21. The molecule has 3 aromatic carbocycles. The van der Waals surface area contributed by atoms with Gasteiger partial charge in [0.25, 0.3) is 5.91 Å². The second-order valence-corrected chi connectivity index (χ2v) is 8.71. The van der Waals surface area contributed by atoms with Crippen LogP contribution in [0, 0.1) is 5.82 Å². The van der Waals surface area contributed by atoms with Gasteiger partial charge in [0, 0.05) is 6.54 Å². The number of hydrogen-bond acceptors (Lipinski definition) is 4. The van der Waals surface area contributed by atoms with Crippen LogP contribution < -0.4 is 15.4 Å². The monoisotopic (exact) mass is 473 g/mol. The van der Waals surface area contributed by atoms with E-state index >= 15 is 0 Å². The number of hydrogen-bond donors (Lipinski definition) is 2. The van der Waals surface area contributed by atoms with Gasteiger partial charge in [-0.3, -0.25) is 14.5 Å². The second-order valence-electron chi connectivity index (χ2n) is 8.71. The molecule has 1 aliphatic carbocycles. The van der Waals surface area contributed by atoms with Gasteiger partial charge in [-0.1, -0.05) is 36.4 Å². The Kier molecular flexibility index (Phi) is 5.94. The molecule has 0 saturated carbocycles. The smallest absolute Gasteiger partial charge is 0.325 e. The zero-order valence-corrected chi connectivity index (χ0v) is 18.9. The summed E-state index contributed by atoms with van der Waals surface area (Å²) in [6, 6.07) is 19.9. The Hall–Kier alpha value is -4.20. The zero-order chi connectivity index (χ0) is 24.4. The Morgan fingerprint density at radius 3 is 2.43 bits per heavy atom. The number of nitrogens with zero attached hydrogens (tertiary/aromatic N) is 1. The molecule has 0 aromatic heterocycles. The Bertz CT molecular complexity index is 1280. The normalized spacial score (nSPS) is 18.8. The summed E-state index contributed by atoms with van der Waals surface area (Å²) in [6.45, 7) is -0.117. The molecule has 178 valence electrons. The standard InChI is InChI=1S/C27H24FN3O4/c28-20-9-13-22(14-10-20)35-21-11-7-18(8-12-21)16-29-24(32)17-31-25(33)27(30-26(31)34)15-3-5-19-4-1-2-6-23(19)27/h1-2,4,6-14H,3,5,15-17H2,(H,29,32)(H,30,34). The highest BCUT2D eigenvalue weighted by Gasteiger charge is 2.54. The van der Waals surface area contributed by atoms with Crippen molar-refractivity contribution >= 4 is 17.8 Å². The van der Waals surface area contributed by atoms with E-state index in [1.807, 2.05) is 24.3 Å². The van der Waals surface area contributed by atoms with Crippen LogP contribution in [0.25, 0.3) is 0 Å². The summed E-state index contributed by atoms with van der Waals surface area (Å²) >= 11 is 0. The molecule has 3 aromatic rings. The van der Waals surface area contributed by atoms with Gasteiger partial charge in [0.15, 0.2) is 0 Å². The van der Waals surface area contributed by atoms with Gasteiger partial charge in [0.2, 0.25) is 5.91 Å². The maximum atomic E-state index is 13.3. The summed E-state index contributed by atoms with van der Waals surface area (Å²) < 4.78 is 18.7.